The first kappa shape index (κ1) is 16.1. The van der Waals surface area contributed by atoms with Crippen LogP contribution in [0.25, 0.3) is 0 Å². The van der Waals surface area contributed by atoms with Crippen LogP contribution in [-0.2, 0) is 19.9 Å². The van der Waals surface area contributed by atoms with E-state index in [0.717, 1.165) is 0 Å². The van der Waals surface area contributed by atoms with Crippen LogP contribution in [0.1, 0.15) is 19.8 Å². The minimum Gasteiger partial charge on any atom is -0.355 e. The van der Waals surface area contributed by atoms with Gasteiger partial charge in [-0.2, -0.15) is 0 Å². The van der Waals surface area contributed by atoms with Gasteiger partial charge < -0.3 is 5.32 Å². The molecular weight excluding hydrogens is 316 g/mol. The fraction of sp³-hybridized carbons (Fsp3) is 0.636. The first-order valence-corrected chi connectivity index (χ1v) is 9.82. The van der Waals surface area contributed by atoms with Crippen LogP contribution in [-0.4, -0.2) is 50.9 Å². The Hall–Kier alpha value is -1.26. The number of aromatic nitrogens is 2. The van der Waals surface area contributed by atoms with Gasteiger partial charge in [0.15, 0.2) is 9.84 Å². The summed E-state index contributed by atoms with van der Waals surface area (Å²) in [6, 6.07) is 0. The van der Waals surface area contributed by atoms with Crippen molar-refractivity contribution in [3.8, 4) is 0 Å². The Kier molecular flexibility index (Phi) is 4.79. The van der Waals surface area contributed by atoms with Gasteiger partial charge in [-0.25, -0.2) is 31.5 Å². The van der Waals surface area contributed by atoms with Gasteiger partial charge in [-0.05, 0) is 19.8 Å². The Labute approximate surface area is 124 Å². The van der Waals surface area contributed by atoms with Crippen LogP contribution in [0.15, 0.2) is 17.3 Å². The van der Waals surface area contributed by atoms with Crippen molar-refractivity contribution >= 4 is 25.8 Å². The largest absolute Gasteiger partial charge is 0.355 e. The van der Waals surface area contributed by atoms with E-state index in [1.54, 1.807) is 0 Å². The van der Waals surface area contributed by atoms with Crippen LogP contribution >= 0.6 is 0 Å². The van der Waals surface area contributed by atoms with E-state index in [2.05, 4.69) is 20.0 Å². The highest BCUT2D eigenvalue weighted by Gasteiger charge is 2.32. The third-order valence-corrected chi connectivity index (χ3v) is 6.89. The molecule has 1 aliphatic heterocycles. The minimum atomic E-state index is -3.80. The summed E-state index contributed by atoms with van der Waals surface area (Å²) in [6.07, 6.45) is 3.45. The third kappa shape index (κ3) is 3.89. The number of hydrogen-bond acceptors (Lipinski definition) is 7. The van der Waals surface area contributed by atoms with Crippen molar-refractivity contribution in [1.29, 1.82) is 0 Å². The summed E-state index contributed by atoms with van der Waals surface area (Å²) in [5.41, 5.74) is 0. The fourth-order valence-corrected chi connectivity index (χ4v) is 4.92. The smallest absolute Gasteiger partial charge is 0.243 e. The van der Waals surface area contributed by atoms with Gasteiger partial charge in [0.1, 0.15) is 4.90 Å². The molecule has 0 saturated carbocycles. The molecule has 118 valence electrons. The molecule has 1 fully saturated rings. The molecule has 8 nitrogen and oxygen atoms in total. The number of hydrogen-bond donors (Lipinski definition) is 2. The summed E-state index contributed by atoms with van der Waals surface area (Å²) in [7, 11) is -6.97. The molecule has 0 amide bonds. The maximum Gasteiger partial charge on any atom is 0.243 e. The standard InChI is InChI=1S/C11H18N4O4S2/c1-2-12-11-13-6-10(7-14-11)21(18,19)15-8-9-4-3-5-20(9,16)17/h6-7,9,15H,2-5,8H2,1H3,(H,12,13,14). The number of nitrogens with one attached hydrogen (secondary N) is 2. The molecule has 1 aromatic rings. The van der Waals surface area contributed by atoms with Gasteiger partial charge in [0.05, 0.1) is 23.4 Å². The second kappa shape index (κ2) is 6.24. The molecule has 0 radical (unpaired) electrons. The molecule has 0 aliphatic carbocycles. The van der Waals surface area contributed by atoms with Gasteiger partial charge in [-0.15, -0.1) is 0 Å². The van der Waals surface area contributed by atoms with Crippen molar-refractivity contribution in [3.05, 3.63) is 12.4 Å². The van der Waals surface area contributed by atoms with Crippen LogP contribution in [0.5, 0.6) is 0 Å². The molecule has 1 saturated heterocycles. The van der Waals surface area contributed by atoms with E-state index >= 15 is 0 Å². The van der Waals surface area contributed by atoms with Crippen molar-refractivity contribution in [3.63, 3.8) is 0 Å². The minimum absolute atomic E-state index is 0.0838. The lowest BCUT2D eigenvalue weighted by atomic mass is 10.2. The summed E-state index contributed by atoms with van der Waals surface area (Å²) in [5, 5.41) is 2.21. The van der Waals surface area contributed by atoms with E-state index < -0.39 is 25.1 Å². The highest BCUT2D eigenvalue weighted by molar-refractivity contribution is 7.92. The zero-order valence-electron chi connectivity index (χ0n) is 11.6. The number of nitrogens with zero attached hydrogens (tertiary/aromatic N) is 2. The highest BCUT2D eigenvalue weighted by atomic mass is 32.2. The van der Waals surface area contributed by atoms with E-state index in [4.69, 9.17) is 0 Å². The van der Waals surface area contributed by atoms with Gasteiger partial charge in [0, 0.05) is 13.1 Å². The van der Waals surface area contributed by atoms with Crippen LogP contribution in [0.3, 0.4) is 0 Å². The average Bonchev–Trinajstić information content (AvgIpc) is 2.76. The molecular formula is C11H18N4O4S2. The van der Waals surface area contributed by atoms with E-state index in [1.165, 1.54) is 12.4 Å². The number of rotatable bonds is 6. The molecule has 1 aliphatic rings. The first-order valence-electron chi connectivity index (χ1n) is 6.62. The second-order valence-electron chi connectivity index (χ2n) is 4.76. The molecule has 1 atom stereocenters. The van der Waals surface area contributed by atoms with E-state index in [-0.39, 0.29) is 17.2 Å². The Morgan fingerprint density at radius 3 is 2.52 bits per heavy atom. The lowest BCUT2D eigenvalue weighted by Crippen LogP contribution is -2.34. The fourth-order valence-electron chi connectivity index (χ4n) is 2.08. The Morgan fingerprint density at radius 2 is 2.00 bits per heavy atom. The van der Waals surface area contributed by atoms with Crippen molar-refractivity contribution in [2.75, 3.05) is 24.2 Å². The van der Waals surface area contributed by atoms with E-state index in [1.807, 2.05) is 6.92 Å². The second-order valence-corrected chi connectivity index (χ2v) is 8.92. The SMILES string of the molecule is CCNc1ncc(S(=O)(=O)NCC2CCCS2(=O)=O)cn1. The lowest BCUT2D eigenvalue weighted by molar-refractivity contribution is 0.570. The van der Waals surface area contributed by atoms with Crippen LogP contribution in [0, 0.1) is 0 Å². The summed E-state index contributed by atoms with van der Waals surface area (Å²) in [5.74, 6) is 0.467. The summed E-state index contributed by atoms with van der Waals surface area (Å²) in [6.45, 7) is 2.39. The normalized spacial score (nSPS) is 21.3. The monoisotopic (exact) mass is 334 g/mol. The lowest BCUT2D eigenvalue weighted by Gasteiger charge is -2.11. The predicted molar refractivity (Wildman–Crippen MR) is 78.2 cm³/mol. The Morgan fingerprint density at radius 1 is 1.33 bits per heavy atom. The molecule has 1 unspecified atom stereocenters. The van der Waals surface area contributed by atoms with Gasteiger partial charge in [-0.3, -0.25) is 0 Å². The number of sulfone groups is 1. The van der Waals surface area contributed by atoms with Crippen molar-refractivity contribution in [2.45, 2.75) is 29.9 Å². The third-order valence-electron chi connectivity index (χ3n) is 3.24. The van der Waals surface area contributed by atoms with E-state index in [9.17, 15) is 16.8 Å². The van der Waals surface area contributed by atoms with Crippen LogP contribution in [0.2, 0.25) is 0 Å². The van der Waals surface area contributed by atoms with Gasteiger partial charge in [-0.1, -0.05) is 0 Å². The number of sulfonamides is 1. The quantitative estimate of drug-likeness (QED) is 0.737. The van der Waals surface area contributed by atoms with Crippen molar-refractivity contribution < 1.29 is 16.8 Å². The van der Waals surface area contributed by atoms with E-state index in [0.29, 0.717) is 25.3 Å². The number of anilines is 1. The maximum atomic E-state index is 12.1. The summed E-state index contributed by atoms with van der Waals surface area (Å²) in [4.78, 5) is 7.68. The molecule has 1 aromatic heterocycles. The topological polar surface area (TPSA) is 118 Å². The van der Waals surface area contributed by atoms with Crippen molar-refractivity contribution in [1.82, 2.24) is 14.7 Å². The zero-order chi connectivity index (χ0) is 15.5. The van der Waals surface area contributed by atoms with Gasteiger partial charge >= 0.3 is 0 Å². The Bertz CT molecular complexity index is 685. The predicted octanol–water partition coefficient (Wildman–Crippen LogP) is -0.236. The molecule has 0 spiro atoms. The van der Waals surface area contributed by atoms with Gasteiger partial charge in [0.25, 0.3) is 0 Å². The molecule has 21 heavy (non-hydrogen) atoms. The molecule has 2 heterocycles. The molecule has 2 N–H and O–H groups in total. The summed E-state index contributed by atoms with van der Waals surface area (Å²) < 4.78 is 49.8. The van der Waals surface area contributed by atoms with Gasteiger partial charge in [0.2, 0.25) is 16.0 Å². The van der Waals surface area contributed by atoms with Crippen LogP contribution < -0.4 is 10.0 Å². The molecule has 0 bridgehead atoms. The zero-order valence-corrected chi connectivity index (χ0v) is 13.2. The summed E-state index contributed by atoms with van der Waals surface area (Å²) >= 11 is 0. The first-order chi connectivity index (χ1) is 9.85. The average molecular weight is 334 g/mol. The maximum absolute atomic E-state index is 12.1. The van der Waals surface area contributed by atoms with Crippen molar-refractivity contribution in [2.24, 2.45) is 0 Å². The Balaban J connectivity index is 2.04. The molecule has 0 aromatic carbocycles. The molecule has 10 heteroatoms. The highest BCUT2D eigenvalue weighted by Crippen LogP contribution is 2.19. The molecule has 2 rings (SSSR count). The van der Waals surface area contributed by atoms with Crippen LogP contribution in [0.4, 0.5) is 5.95 Å².